The molecule has 0 N–H and O–H groups in total. The summed E-state index contributed by atoms with van der Waals surface area (Å²) in [6, 6.07) is 7.33. The Morgan fingerprint density at radius 2 is 2.13 bits per heavy atom. The highest BCUT2D eigenvalue weighted by atomic mass is 35.5. The Morgan fingerprint density at radius 1 is 1.27 bits per heavy atom. The zero-order valence-electron chi connectivity index (χ0n) is 16.3. The summed E-state index contributed by atoms with van der Waals surface area (Å²) < 4.78 is 33.8. The van der Waals surface area contributed by atoms with E-state index in [-0.39, 0.29) is 5.03 Å². The summed E-state index contributed by atoms with van der Waals surface area (Å²) in [7, 11) is -3.48. The Bertz CT molecular complexity index is 1360. The van der Waals surface area contributed by atoms with Crippen LogP contribution in [0.1, 0.15) is 12.2 Å². The highest BCUT2D eigenvalue weighted by Gasteiger charge is 2.23. The number of sulfone groups is 1. The fourth-order valence-corrected chi connectivity index (χ4v) is 4.97. The van der Waals surface area contributed by atoms with Gasteiger partial charge in [0.15, 0.2) is 14.9 Å². The van der Waals surface area contributed by atoms with Crippen LogP contribution < -0.4 is 0 Å². The molecule has 1 unspecified atom stereocenters. The van der Waals surface area contributed by atoms with Crippen molar-refractivity contribution in [2.45, 2.75) is 24.5 Å². The molecule has 8 nitrogen and oxygen atoms in total. The van der Waals surface area contributed by atoms with Crippen molar-refractivity contribution in [1.82, 2.24) is 24.3 Å². The van der Waals surface area contributed by atoms with Gasteiger partial charge < -0.3 is 9.30 Å². The zero-order valence-corrected chi connectivity index (χ0v) is 17.9. The maximum Gasteiger partial charge on any atom is 0.195 e. The van der Waals surface area contributed by atoms with Crippen molar-refractivity contribution >= 4 is 43.4 Å². The zero-order chi connectivity index (χ0) is 20.9. The molecule has 3 aromatic heterocycles. The molecule has 1 atom stereocenters. The minimum atomic E-state index is -3.48. The van der Waals surface area contributed by atoms with E-state index in [2.05, 4.69) is 14.6 Å². The van der Waals surface area contributed by atoms with Gasteiger partial charge in [0, 0.05) is 41.9 Å². The van der Waals surface area contributed by atoms with Crippen LogP contribution in [0.2, 0.25) is 5.02 Å². The average Bonchev–Trinajstić information content (AvgIpc) is 3.41. The van der Waals surface area contributed by atoms with Crippen LogP contribution in [0.15, 0.2) is 41.7 Å². The number of rotatable bonds is 5. The number of hydrogen-bond acceptors (Lipinski definition) is 6. The Morgan fingerprint density at radius 3 is 2.90 bits per heavy atom. The summed E-state index contributed by atoms with van der Waals surface area (Å²) >= 11 is 6.18. The van der Waals surface area contributed by atoms with E-state index in [1.165, 1.54) is 0 Å². The van der Waals surface area contributed by atoms with Gasteiger partial charge in [0.05, 0.1) is 35.9 Å². The molecular weight excluding hydrogens is 426 g/mol. The normalized spacial score (nSPS) is 17.3. The number of ether oxygens (including phenoxy) is 1. The van der Waals surface area contributed by atoms with Crippen molar-refractivity contribution in [2.75, 3.05) is 19.5 Å². The van der Waals surface area contributed by atoms with Crippen LogP contribution in [0.25, 0.3) is 21.9 Å². The lowest BCUT2D eigenvalue weighted by molar-refractivity contribution is 0.182. The van der Waals surface area contributed by atoms with Crippen LogP contribution in [0.5, 0.6) is 0 Å². The molecule has 0 aliphatic carbocycles. The third-order valence-electron chi connectivity index (χ3n) is 5.42. The predicted octanol–water partition coefficient (Wildman–Crippen LogP) is 2.92. The van der Waals surface area contributed by atoms with E-state index in [1.807, 2.05) is 18.2 Å². The van der Waals surface area contributed by atoms with Gasteiger partial charge in [-0.1, -0.05) is 11.6 Å². The number of halogens is 1. The van der Waals surface area contributed by atoms with Gasteiger partial charge in [-0.25, -0.2) is 13.4 Å². The fraction of sp³-hybridized carbons (Fsp3) is 0.350. The van der Waals surface area contributed by atoms with Crippen LogP contribution in [0.4, 0.5) is 0 Å². The molecule has 30 heavy (non-hydrogen) atoms. The molecule has 0 amide bonds. The third-order valence-corrected chi connectivity index (χ3v) is 6.66. The number of benzene rings is 1. The van der Waals surface area contributed by atoms with Gasteiger partial charge in [0.2, 0.25) is 0 Å². The number of aromatic nitrogens is 5. The lowest BCUT2D eigenvalue weighted by Gasteiger charge is -2.13. The first-order chi connectivity index (χ1) is 14.4. The minimum Gasteiger partial charge on any atom is -0.381 e. The molecular formula is C20H20ClN5O3S. The first-order valence-corrected chi connectivity index (χ1v) is 11.9. The number of imidazole rings is 1. The van der Waals surface area contributed by atoms with E-state index in [0.29, 0.717) is 28.4 Å². The van der Waals surface area contributed by atoms with Crippen LogP contribution in [0, 0.1) is 5.92 Å². The summed E-state index contributed by atoms with van der Waals surface area (Å²) in [5.74, 6) is 1.19. The lowest BCUT2D eigenvalue weighted by atomic mass is 10.1. The van der Waals surface area contributed by atoms with Crippen molar-refractivity contribution in [3.8, 4) is 0 Å². The van der Waals surface area contributed by atoms with Crippen molar-refractivity contribution in [3.63, 3.8) is 0 Å². The predicted molar refractivity (Wildman–Crippen MR) is 113 cm³/mol. The number of hydrogen-bond donors (Lipinski definition) is 0. The molecule has 10 heteroatoms. The van der Waals surface area contributed by atoms with Gasteiger partial charge in [-0.15, -0.1) is 0 Å². The van der Waals surface area contributed by atoms with Crippen LogP contribution >= 0.6 is 11.6 Å². The van der Waals surface area contributed by atoms with E-state index in [4.69, 9.17) is 21.3 Å². The summed E-state index contributed by atoms with van der Waals surface area (Å²) in [5, 5.41) is 5.63. The quantitative estimate of drug-likeness (QED) is 0.469. The first-order valence-electron chi connectivity index (χ1n) is 9.63. The molecule has 1 aromatic carbocycles. The number of nitrogens with zero attached hydrogens (tertiary/aromatic N) is 5. The molecule has 156 valence electrons. The summed E-state index contributed by atoms with van der Waals surface area (Å²) in [5.41, 5.74) is 2.44. The minimum absolute atomic E-state index is 0.0507. The molecule has 1 aliphatic heterocycles. The molecule has 0 saturated carbocycles. The molecule has 0 bridgehead atoms. The lowest BCUT2D eigenvalue weighted by Crippen LogP contribution is -2.16. The Labute approximate surface area is 178 Å². The van der Waals surface area contributed by atoms with Crippen molar-refractivity contribution in [3.05, 3.63) is 47.5 Å². The van der Waals surface area contributed by atoms with E-state index in [1.54, 1.807) is 23.1 Å². The third kappa shape index (κ3) is 3.46. The van der Waals surface area contributed by atoms with Crippen LogP contribution in [-0.4, -0.2) is 52.2 Å². The van der Waals surface area contributed by atoms with Crippen LogP contribution in [-0.2, 0) is 27.7 Å². The molecule has 1 fully saturated rings. The van der Waals surface area contributed by atoms with Crippen molar-refractivity contribution in [1.29, 1.82) is 0 Å². The molecule has 1 saturated heterocycles. The van der Waals surface area contributed by atoms with Gasteiger partial charge >= 0.3 is 0 Å². The molecule has 0 spiro atoms. The highest BCUT2D eigenvalue weighted by Crippen LogP contribution is 2.26. The van der Waals surface area contributed by atoms with E-state index in [9.17, 15) is 8.42 Å². The second kappa shape index (κ2) is 7.33. The molecule has 4 aromatic rings. The second-order valence-corrected chi connectivity index (χ2v) is 10.00. The van der Waals surface area contributed by atoms with Gasteiger partial charge in [-0.3, -0.25) is 9.67 Å². The summed E-state index contributed by atoms with van der Waals surface area (Å²) in [6.45, 7) is 2.58. The Hall–Kier alpha value is -2.49. The fourth-order valence-electron chi connectivity index (χ4n) is 3.98. The SMILES string of the molecule is CS(=O)(=O)c1nn(Cc2nc3cc(Cl)ccc3n2CC2CCOC2)c2cnccc12. The molecule has 5 rings (SSSR count). The molecule has 0 radical (unpaired) electrons. The van der Waals surface area contributed by atoms with Crippen molar-refractivity contribution in [2.24, 2.45) is 5.92 Å². The Kier molecular flexibility index (Phi) is 4.76. The summed E-state index contributed by atoms with van der Waals surface area (Å²) in [6.07, 6.45) is 5.36. The smallest absolute Gasteiger partial charge is 0.195 e. The molecule has 4 heterocycles. The van der Waals surface area contributed by atoms with Gasteiger partial charge in [0.25, 0.3) is 0 Å². The first kappa shape index (κ1) is 19.5. The van der Waals surface area contributed by atoms with E-state index >= 15 is 0 Å². The van der Waals surface area contributed by atoms with E-state index in [0.717, 1.165) is 49.3 Å². The topological polar surface area (TPSA) is 91.9 Å². The number of fused-ring (bicyclic) bond motifs is 2. The van der Waals surface area contributed by atoms with Crippen LogP contribution in [0.3, 0.4) is 0 Å². The van der Waals surface area contributed by atoms with Gasteiger partial charge in [0.1, 0.15) is 5.82 Å². The van der Waals surface area contributed by atoms with E-state index < -0.39 is 9.84 Å². The van der Waals surface area contributed by atoms with Gasteiger partial charge in [-0.05, 0) is 30.7 Å². The van der Waals surface area contributed by atoms with Crippen molar-refractivity contribution < 1.29 is 13.2 Å². The maximum atomic E-state index is 12.2. The summed E-state index contributed by atoms with van der Waals surface area (Å²) in [4.78, 5) is 8.95. The highest BCUT2D eigenvalue weighted by molar-refractivity contribution is 7.90. The Balaban J connectivity index is 1.63. The monoisotopic (exact) mass is 445 g/mol. The van der Waals surface area contributed by atoms with Gasteiger partial charge in [-0.2, -0.15) is 5.10 Å². The number of pyridine rings is 1. The second-order valence-electron chi connectivity index (χ2n) is 7.63. The largest absolute Gasteiger partial charge is 0.381 e. The molecule has 1 aliphatic rings. The maximum absolute atomic E-state index is 12.2. The standard InChI is InChI=1S/C20H20ClN5O3S/c1-30(27,28)20-15-4-6-22-9-18(15)26(24-20)11-19-23-16-8-14(21)2-3-17(16)25(19)10-13-5-7-29-12-13/h2-4,6,8-9,13H,5,7,10-12H2,1H3. The average molecular weight is 446 g/mol.